The Morgan fingerprint density at radius 1 is 1.43 bits per heavy atom. The van der Waals surface area contributed by atoms with Crippen LogP contribution in [-0.2, 0) is 4.79 Å². The van der Waals surface area contributed by atoms with Crippen molar-refractivity contribution in [2.45, 2.75) is 26.7 Å². The number of carbonyl (C=O) groups excluding carboxylic acids is 1. The number of urea groups is 1. The molecule has 1 atom stereocenters. The van der Waals surface area contributed by atoms with Gasteiger partial charge >= 0.3 is 12.0 Å². The molecule has 2 N–H and O–H groups in total. The number of carboxylic acid groups (broad SMARTS) is 1. The average molecular weight is 294 g/mol. The molecule has 1 aliphatic heterocycles. The van der Waals surface area contributed by atoms with Crippen LogP contribution in [0.3, 0.4) is 0 Å². The van der Waals surface area contributed by atoms with Gasteiger partial charge in [-0.15, -0.1) is 0 Å². The molecule has 1 unspecified atom stereocenters. The van der Waals surface area contributed by atoms with Crippen LogP contribution in [0.15, 0.2) is 18.2 Å². The van der Waals surface area contributed by atoms with E-state index in [0.29, 0.717) is 19.4 Å². The molecular formula is C15H19FN2O3. The number of carboxylic acids is 1. The van der Waals surface area contributed by atoms with Gasteiger partial charge in [0.25, 0.3) is 0 Å². The van der Waals surface area contributed by atoms with E-state index < -0.39 is 23.2 Å². The summed E-state index contributed by atoms with van der Waals surface area (Å²) < 4.78 is 13.7. The number of likely N-dealkylation sites (tertiary alicyclic amines) is 1. The highest BCUT2D eigenvalue weighted by molar-refractivity contribution is 5.90. The topological polar surface area (TPSA) is 69.6 Å². The van der Waals surface area contributed by atoms with Gasteiger partial charge in [-0.25, -0.2) is 9.18 Å². The first-order chi connectivity index (χ1) is 9.82. The van der Waals surface area contributed by atoms with Crippen molar-refractivity contribution in [3.05, 3.63) is 29.6 Å². The molecule has 1 aromatic rings. The number of hydrogen-bond acceptors (Lipinski definition) is 2. The summed E-state index contributed by atoms with van der Waals surface area (Å²) in [5.41, 5.74) is 0.00381. The first kappa shape index (κ1) is 15.3. The molecule has 0 radical (unpaired) electrons. The molecule has 21 heavy (non-hydrogen) atoms. The summed E-state index contributed by atoms with van der Waals surface area (Å²) in [5.74, 6) is -1.42. The minimum absolute atomic E-state index is 0.114. The molecular weight excluding hydrogens is 275 g/mol. The Bertz CT molecular complexity index is 576. The number of piperidine rings is 1. The van der Waals surface area contributed by atoms with Crippen LogP contribution >= 0.6 is 0 Å². The number of benzene rings is 1. The third-order valence-electron chi connectivity index (χ3n) is 3.86. The third-order valence-corrected chi connectivity index (χ3v) is 3.86. The number of amides is 2. The maximum absolute atomic E-state index is 13.7. The fourth-order valence-electron chi connectivity index (χ4n) is 2.52. The largest absolute Gasteiger partial charge is 0.481 e. The van der Waals surface area contributed by atoms with Crippen LogP contribution < -0.4 is 5.32 Å². The summed E-state index contributed by atoms with van der Waals surface area (Å²) in [7, 11) is 0. The molecule has 0 aromatic heterocycles. The normalized spacial score (nSPS) is 22.0. The fourth-order valence-corrected chi connectivity index (χ4v) is 2.52. The Morgan fingerprint density at radius 2 is 2.14 bits per heavy atom. The highest BCUT2D eigenvalue weighted by atomic mass is 19.1. The summed E-state index contributed by atoms with van der Waals surface area (Å²) in [4.78, 5) is 24.9. The lowest BCUT2D eigenvalue weighted by Gasteiger charge is -2.37. The maximum Gasteiger partial charge on any atom is 0.321 e. The van der Waals surface area contributed by atoms with E-state index in [2.05, 4.69) is 5.32 Å². The van der Waals surface area contributed by atoms with Gasteiger partial charge in [0, 0.05) is 13.1 Å². The SMILES string of the molecule is Cc1ccc(F)c(NC(=O)N2CCCC(C)(C(=O)O)C2)c1. The van der Waals surface area contributed by atoms with Gasteiger partial charge in [-0.2, -0.15) is 0 Å². The second kappa shape index (κ2) is 5.71. The number of aryl methyl sites for hydroxylation is 1. The van der Waals surface area contributed by atoms with Gasteiger partial charge in [-0.3, -0.25) is 4.79 Å². The predicted molar refractivity (Wildman–Crippen MR) is 76.7 cm³/mol. The van der Waals surface area contributed by atoms with Crippen LogP contribution in [-0.4, -0.2) is 35.1 Å². The van der Waals surface area contributed by atoms with E-state index in [1.807, 2.05) is 0 Å². The number of nitrogens with one attached hydrogen (secondary N) is 1. The van der Waals surface area contributed by atoms with Gasteiger partial charge < -0.3 is 15.3 Å². The van der Waals surface area contributed by atoms with Crippen LogP contribution in [0, 0.1) is 18.2 Å². The standard InChI is InChI=1S/C15H19FN2O3/c1-10-4-5-11(16)12(8-10)17-14(21)18-7-3-6-15(2,9-18)13(19)20/h4-5,8H,3,6-7,9H2,1-2H3,(H,17,21)(H,19,20). The molecule has 1 aliphatic rings. The zero-order valence-corrected chi connectivity index (χ0v) is 12.1. The molecule has 1 aromatic carbocycles. The van der Waals surface area contributed by atoms with Crippen molar-refractivity contribution in [1.82, 2.24) is 4.90 Å². The van der Waals surface area contributed by atoms with Crippen molar-refractivity contribution in [3.8, 4) is 0 Å². The van der Waals surface area contributed by atoms with Gasteiger partial charge in [0.2, 0.25) is 0 Å². The van der Waals surface area contributed by atoms with Gasteiger partial charge in [0.15, 0.2) is 0 Å². The highest BCUT2D eigenvalue weighted by Crippen LogP contribution is 2.30. The number of carbonyl (C=O) groups is 2. The second-order valence-electron chi connectivity index (χ2n) is 5.80. The first-order valence-electron chi connectivity index (χ1n) is 6.87. The molecule has 1 heterocycles. The number of hydrogen-bond donors (Lipinski definition) is 2. The van der Waals surface area contributed by atoms with Gasteiger partial charge in [-0.1, -0.05) is 6.07 Å². The summed E-state index contributed by atoms with van der Waals surface area (Å²) >= 11 is 0. The van der Waals surface area contributed by atoms with Crippen molar-refractivity contribution in [3.63, 3.8) is 0 Å². The lowest BCUT2D eigenvalue weighted by atomic mass is 9.82. The zero-order chi connectivity index (χ0) is 15.6. The summed E-state index contributed by atoms with van der Waals surface area (Å²) in [5, 5.41) is 11.8. The predicted octanol–water partition coefficient (Wildman–Crippen LogP) is 2.85. The number of nitrogens with zero attached hydrogens (tertiary/aromatic N) is 1. The lowest BCUT2D eigenvalue weighted by molar-refractivity contribution is -0.150. The maximum atomic E-state index is 13.7. The van der Waals surface area contributed by atoms with Crippen LogP contribution in [0.4, 0.5) is 14.9 Å². The first-order valence-corrected chi connectivity index (χ1v) is 6.87. The summed E-state index contributed by atoms with van der Waals surface area (Å²) in [6.45, 7) is 4.03. The Labute approximate surface area is 122 Å². The lowest BCUT2D eigenvalue weighted by Crippen LogP contribution is -2.49. The van der Waals surface area contributed by atoms with E-state index in [1.165, 1.54) is 11.0 Å². The Balaban J connectivity index is 2.10. The molecule has 0 saturated carbocycles. The van der Waals surface area contributed by atoms with Crippen LogP contribution in [0.2, 0.25) is 0 Å². The van der Waals surface area contributed by atoms with E-state index in [4.69, 9.17) is 0 Å². The molecule has 5 nitrogen and oxygen atoms in total. The number of rotatable bonds is 2. The van der Waals surface area contributed by atoms with Crippen molar-refractivity contribution in [2.24, 2.45) is 5.41 Å². The van der Waals surface area contributed by atoms with Crippen molar-refractivity contribution >= 4 is 17.7 Å². The Morgan fingerprint density at radius 3 is 2.81 bits per heavy atom. The van der Waals surface area contributed by atoms with Crippen molar-refractivity contribution in [2.75, 3.05) is 18.4 Å². The molecule has 114 valence electrons. The van der Waals surface area contributed by atoms with Gasteiger partial charge in [-0.05, 0) is 44.4 Å². The van der Waals surface area contributed by atoms with Crippen molar-refractivity contribution < 1.29 is 19.1 Å². The summed E-state index contributed by atoms with van der Waals surface area (Å²) in [6.07, 6.45) is 1.15. The monoisotopic (exact) mass is 294 g/mol. The molecule has 2 amide bonds. The van der Waals surface area contributed by atoms with Crippen LogP contribution in [0.25, 0.3) is 0 Å². The zero-order valence-electron chi connectivity index (χ0n) is 12.1. The fraction of sp³-hybridized carbons (Fsp3) is 0.467. The molecule has 1 fully saturated rings. The van der Waals surface area contributed by atoms with E-state index in [-0.39, 0.29) is 12.2 Å². The Kier molecular flexibility index (Phi) is 4.16. The molecule has 2 rings (SSSR count). The van der Waals surface area contributed by atoms with E-state index in [1.54, 1.807) is 26.0 Å². The number of aliphatic carboxylic acids is 1. The van der Waals surface area contributed by atoms with E-state index >= 15 is 0 Å². The minimum Gasteiger partial charge on any atom is -0.481 e. The quantitative estimate of drug-likeness (QED) is 0.881. The van der Waals surface area contributed by atoms with E-state index in [0.717, 1.165) is 5.56 Å². The molecule has 0 bridgehead atoms. The van der Waals surface area contributed by atoms with Crippen molar-refractivity contribution in [1.29, 1.82) is 0 Å². The third kappa shape index (κ3) is 3.32. The minimum atomic E-state index is -0.944. The number of halogens is 1. The molecule has 6 heteroatoms. The van der Waals surface area contributed by atoms with Gasteiger partial charge in [0.05, 0.1) is 11.1 Å². The Hall–Kier alpha value is -2.11. The second-order valence-corrected chi connectivity index (χ2v) is 5.80. The molecule has 0 spiro atoms. The van der Waals surface area contributed by atoms with Crippen LogP contribution in [0.1, 0.15) is 25.3 Å². The molecule has 0 aliphatic carbocycles. The van der Waals surface area contributed by atoms with Gasteiger partial charge in [0.1, 0.15) is 5.82 Å². The smallest absolute Gasteiger partial charge is 0.321 e. The summed E-state index contributed by atoms with van der Waals surface area (Å²) in [6, 6.07) is 4.00. The van der Waals surface area contributed by atoms with Crippen LogP contribution in [0.5, 0.6) is 0 Å². The highest BCUT2D eigenvalue weighted by Gasteiger charge is 2.39. The van der Waals surface area contributed by atoms with E-state index in [9.17, 15) is 19.1 Å². The number of anilines is 1. The molecule has 1 saturated heterocycles. The average Bonchev–Trinajstić information content (AvgIpc) is 2.42.